The van der Waals surface area contributed by atoms with Gasteiger partial charge in [-0.25, -0.2) is 0 Å². The molecule has 2 unspecified atom stereocenters. The number of nitrogens with zero attached hydrogens (tertiary/aromatic N) is 1. The van der Waals surface area contributed by atoms with Gasteiger partial charge in [-0.15, -0.1) is 0 Å². The molecule has 0 saturated carbocycles. The molecule has 0 aromatic rings. The van der Waals surface area contributed by atoms with Gasteiger partial charge in [0.05, 0.1) is 0 Å². The third-order valence-corrected chi connectivity index (χ3v) is 5.20. The van der Waals surface area contributed by atoms with Crippen molar-refractivity contribution in [2.45, 2.75) is 46.1 Å². The molecule has 0 bridgehead atoms. The second-order valence-electron chi connectivity index (χ2n) is 6.08. The molecule has 2 atom stereocenters. The first-order valence-corrected chi connectivity index (χ1v) is 8.71. The lowest BCUT2D eigenvalue weighted by Gasteiger charge is -2.32. The Balaban J connectivity index is 2.56. The Morgan fingerprint density at radius 2 is 2.00 bits per heavy atom. The molecule has 1 saturated heterocycles. The molecule has 2 N–H and O–H groups in total. The summed E-state index contributed by atoms with van der Waals surface area (Å²) in [5.41, 5.74) is 0. The van der Waals surface area contributed by atoms with Gasteiger partial charge in [-0.3, -0.25) is 0 Å². The molecule has 5 nitrogen and oxygen atoms in total. The van der Waals surface area contributed by atoms with Gasteiger partial charge in [-0.2, -0.15) is 17.4 Å². The summed E-state index contributed by atoms with van der Waals surface area (Å²) < 4.78 is 29.0. The fraction of sp³-hybridized carbons (Fsp3) is 1.00. The Morgan fingerprint density at radius 3 is 2.58 bits per heavy atom. The standard InChI is InChI=1S/C13H29N3O2S/c1-11(2)8-12(3)15-19(17,18)16-7-5-6-13(10-16)9-14-4/h11-15H,5-10H2,1-4H3. The second-order valence-corrected chi connectivity index (χ2v) is 7.78. The van der Waals surface area contributed by atoms with Crippen LogP contribution in [0.25, 0.3) is 0 Å². The quantitative estimate of drug-likeness (QED) is 0.740. The van der Waals surface area contributed by atoms with E-state index in [4.69, 9.17) is 0 Å². The first-order chi connectivity index (χ1) is 8.85. The van der Waals surface area contributed by atoms with Gasteiger partial charge in [-0.1, -0.05) is 13.8 Å². The molecule has 0 aromatic carbocycles. The van der Waals surface area contributed by atoms with Crippen molar-refractivity contribution >= 4 is 10.2 Å². The van der Waals surface area contributed by atoms with E-state index in [0.29, 0.717) is 24.9 Å². The summed E-state index contributed by atoms with van der Waals surface area (Å²) in [6.07, 6.45) is 2.92. The maximum Gasteiger partial charge on any atom is 0.279 e. The Hall–Kier alpha value is -0.170. The zero-order chi connectivity index (χ0) is 14.5. The van der Waals surface area contributed by atoms with E-state index in [2.05, 4.69) is 23.9 Å². The summed E-state index contributed by atoms with van der Waals surface area (Å²) in [5, 5.41) is 3.13. The summed E-state index contributed by atoms with van der Waals surface area (Å²) >= 11 is 0. The maximum absolute atomic E-state index is 12.3. The van der Waals surface area contributed by atoms with Crippen molar-refractivity contribution in [1.29, 1.82) is 0 Å². The van der Waals surface area contributed by atoms with Crippen LogP contribution in [0.15, 0.2) is 0 Å². The predicted molar refractivity (Wildman–Crippen MR) is 79.2 cm³/mol. The van der Waals surface area contributed by atoms with Gasteiger partial charge < -0.3 is 5.32 Å². The van der Waals surface area contributed by atoms with E-state index < -0.39 is 10.2 Å². The van der Waals surface area contributed by atoms with Crippen LogP contribution in [0.1, 0.15) is 40.0 Å². The lowest BCUT2D eigenvalue weighted by molar-refractivity contribution is 0.259. The maximum atomic E-state index is 12.3. The smallest absolute Gasteiger partial charge is 0.279 e. The first kappa shape index (κ1) is 16.9. The van der Waals surface area contributed by atoms with Gasteiger partial charge >= 0.3 is 0 Å². The van der Waals surface area contributed by atoms with Crippen LogP contribution in [0.2, 0.25) is 0 Å². The van der Waals surface area contributed by atoms with Gasteiger partial charge in [0, 0.05) is 19.1 Å². The van der Waals surface area contributed by atoms with Crippen molar-refractivity contribution in [3.63, 3.8) is 0 Å². The molecule has 0 amide bonds. The zero-order valence-electron chi connectivity index (χ0n) is 12.6. The topological polar surface area (TPSA) is 61.4 Å². The molecule has 19 heavy (non-hydrogen) atoms. The third-order valence-electron chi connectivity index (χ3n) is 3.49. The Kier molecular flexibility index (Phi) is 6.73. The molecule has 0 spiro atoms. The molecular formula is C13H29N3O2S. The second kappa shape index (κ2) is 7.57. The third kappa shape index (κ3) is 5.77. The molecule has 1 heterocycles. The molecular weight excluding hydrogens is 262 g/mol. The van der Waals surface area contributed by atoms with Crippen LogP contribution >= 0.6 is 0 Å². The van der Waals surface area contributed by atoms with E-state index in [1.807, 2.05) is 14.0 Å². The highest BCUT2D eigenvalue weighted by atomic mass is 32.2. The molecule has 1 rings (SSSR count). The molecule has 0 aromatic heterocycles. The minimum absolute atomic E-state index is 0.00493. The van der Waals surface area contributed by atoms with Crippen LogP contribution in [0, 0.1) is 11.8 Å². The molecule has 0 aliphatic carbocycles. The van der Waals surface area contributed by atoms with Gasteiger partial charge in [0.1, 0.15) is 0 Å². The first-order valence-electron chi connectivity index (χ1n) is 7.27. The van der Waals surface area contributed by atoms with E-state index in [0.717, 1.165) is 25.8 Å². The minimum Gasteiger partial charge on any atom is -0.319 e. The van der Waals surface area contributed by atoms with Crippen molar-refractivity contribution < 1.29 is 8.42 Å². The number of nitrogens with one attached hydrogen (secondary N) is 2. The summed E-state index contributed by atoms with van der Waals surface area (Å²) in [7, 11) is -1.41. The zero-order valence-corrected chi connectivity index (χ0v) is 13.5. The van der Waals surface area contributed by atoms with Crippen LogP contribution in [0.4, 0.5) is 0 Å². The molecule has 114 valence electrons. The highest BCUT2D eigenvalue weighted by Crippen LogP contribution is 2.18. The lowest BCUT2D eigenvalue weighted by atomic mass is 10.00. The normalized spacial score (nSPS) is 23.7. The molecule has 1 fully saturated rings. The van der Waals surface area contributed by atoms with Crippen LogP contribution < -0.4 is 10.0 Å². The predicted octanol–water partition coefficient (Wildman–Crippen LogP) is 1.19. The van der Waals surface area contributed by atoms with Gasteiger partial charge in [0.25, 0.3) is 10.2 Å². The van der Waals surface area contributed by atoms with Crippen molar-refractivity contribution in [2.75, 3.05) is 26.7 Å². The highest BCUT2D eigenvalue weighted by Gasteiger charge is 2.29. The van der Waals surface area contributed by atoms with E-state index >= 15 is 0 Å². The molecule has 1 aliphatic heterocycles. The van der Waals surface area contributed by atoms with E-state index in [1.54, 1.807) is 4.31 Å². The van der Waals surface area contributed by atoms with E-state index in [-0.39, 0.29) is 6.04 Å². The SMILES string of the molecule is CNCC1CCCN(S(=O)(=O)NC(C)CC(C)C)C1. The average molecular weight is 291 g/mol. The number of rotatable bonds is 7. The highest BCUT2D eigenvalue weighted by molar-refractivity contribution is 7.87. The largest absolute Gasteiger partial charge is 0.319 e. The molecule has 0 radical (unpaired) electrons. The molecule has 6 heteroatoms. The lowest BCUT2D eigenvalue weighted by Crippen LogP contribution is -2.49. The Labute approximate surface area is 118 Å². The summed E-state index contributed by atoms with van der Waals surface area (Å²) in [4.78, 5) is 0. The van der Waals surface area contributed by atoms with E-state index in [9.17, 15) is 8.42 Å². The van der Waals surface area contributed by atoms with Crippen LogP contribution in [-0.2, 0) is 10.2 Å². The summed E-state index contributed by atoms with van der Waals surface area (Å²) in [5.74, 6) is 0.923. The van der Waals surface area contributed by atoms with Gasteiger partial charge in [0.2, 0.25) is 0 Å². The Bertz CT molecular complexity index is 355. The van der Waals surface area contributed by atoms with Crippen molar-refractivity contribution in [2.24, 2.45) is 11.8 Å². The van der Waals surface area contributed by atoms with Gasteiger partial charge in [-0.05, 0) is 51.6 Å². The van der Waals surface area contributed by atoms with Crippen LogP contribution in [0.5, 0.6) is 0 Å². The van der Waals surface area contributed by atoms with Crippen molar-refractivity contribution in [1.82, 2.24) is 14.3 Å². The average Bonchev–Trinajstić information content (AvgIpc) is 2.27. The number of hydrogen-bond donors (Lipinski definition) is 2. The van der Waals surface area contributed by atoms with Crippen LogP contribution in [0.3, 0.4) is 0 Å². The summed E-state index contributed by atoms with van der Waals surface area (Å²) in [6, 6.07) is -0.00493. The fourth-order valence-electron chi connectivity index (χ4n) is 2.78. The fourth-order valence-corrected chi connectivity index (χ4v) is 4.31. The minimum atomic E-state index is -3.32. The monoisotopic (exact) mass is 291 g/mol. The van der Waals surface area contributed by atoms with Crippen molar-refractivity contribution in [3.8, 4) is 0 Å². The number of hydrogen-bond acceptors (Lipinski definition) is 3. The van der Waals surface area contributed by atoms with E-state index in [1.165, 1.54) is 0 Å². The van der Waals surface area contributed by atoms with Crippen molar-refractivity contribution in [3.05, 3.63) is 0 Å². The Morgan fingerprint density at radius 1 is 1.32 bits per heavy atom. The van der Waals surface area contributed by atoms with Gasteiger partial charge in [0.15, 0.2) is 0 Å². The molecule has 1 aliphatic rings. The number of piperidine rings is 1. The summed E-state index contributed by atoms with van der Waals surface area (Å²) in [6.45, 7) is 8.30. The van der Waals surface area contributed by atoms with Crippen LogP contribution in [-0.4, -0.2) is 45.4 Å².